The quantitative estimate of drug-likeness (QED) is 0.484. The van der Waals surface area contributed by atoms with Crippen LogP contribution >= 0.6 is 0 Å². The number of piperidine rings is 2. The molecule has 1 atom stereocenters. The smallest absolute Gasteiger partial charge is 0.233 e. The van der Waals surface area contributed by atoms with Gasteiger partial charge in [0.1, 0.15) is 0 Å². The molecule has 176 valence electrons. The second kappa shape index (κ2) is 9.57. The van der Waals surface area contributed by atoms with Crippen LogP contribution in [0.15, 0.2) is 48.0 Å². The molecule has 2 aliphatic heterocycles. The number of aryl methyl sites for hydroxylation is 1. The average molecular weight is 452 g/mol. The molecule has 2 saturated heterocycles. The second-order valence-electron chi connectivity index (χ2n) is 9.43. The van der Waals surface area contributed by atoms with E-state index >= 15 is 0 Å². The molecule has 8 nitrogen and oxygen atoms in total. The van der Waals surface area contributed by atoms with E-state index in [-0.39, 0.29) is 17.1 Å². The Balaban J connectivity index is 1.37. The van der Waals surface area contributed by atoms with Crippen molar-refractivity contribution in [2.24, 2.45) is 10.6 Å². The number of likely N-dealkylation sites (tertiary alicyclic amines) is 2. The molecule has 0 radical (unpaired) electrons. The SMILES string of the molecule is C=CN(N=N)c1ccc(C(O)CN2CCC3(CCCN(C4=CC(=O)CC4)C3=O)CC2)c(C)c1. The summed E-state index contributed by atoms with van der Waals surface area (Å²) in [4.78, 5) is 29.2. The molecule has 1 aromatic carbocycles. The zero-order valence-electron chi connectivity index (χ0n) is 19.3. The van der Waals surface area contributed by atoms with Gasteiger partial charge in [0.25, 0.3) is 0 Å². The number of allylic oxidation sites excluding steroid dienone is 2. The van der Waals surface area contributed by atoms with Crippen LogP contribution in [-0.2, 0) is 9.59 Å². The lowest BCUT2D eigenvalue weighted by Gasteiger charge is -2.47. The van der Waals surface area contributed by atoms with E-state index in [1.54, 1.807) is 6.08 Å². The number of ketones is 1. The molecule has 33 heavy (non-hydrogen) atoms. The van der Waals surface area contributed by atoms with Crippen LogP contribution in [-0.4, -0.2) is 52.8 Å². The van der Waals surface area contributed by atoms with Crippen LogP contribution in [0.5, 0.6) is 0 Å². The zero-order valence-corrected chi connectivity index (χ0v) is 19.3. The van der Waals surface area contributed by atoms with Crippen molar-refractivity contribution in [3.05, 3.63) is 53.9 Å². The molecule has 1 unspecified atom stereocenters. The van der Waals surface area contributed by atoms with Gasteiger partial charge in [-0.15, -0.1) is 0 Å². The van der Waals surface area contributed by atoms with Gasteiger partial charge in [0.2, 0.25) is 5.91 Å². The van der Waals surface area contributed by atoms with E-state index in [1.807, 2.05) is 30.0 Å². The normalized spacial score (nSPS) is 21.8. The Morgan fingerprint density at radius 3 is 2.61 bits per heavy atom. The standard InChI is InChI=1S/C25H33N5O3/c1-3-30(27-26)20-6-8-22(18(2)15-20)23(32)17-28-13-10-25(11-14-28)9-4-12-29(24(25)33)19-5-7-21(31)16-19/h3,6,8,15-16,23,26,32H,1,4-5,7,9-14,17H2,2H3. The van der Waals surface area contributed by atoms with E-state index in [9.17, 15) is 14.7 Å². The minimum Gasteiger partial charge on any atom is -0.387 e. The number of aliphatic hydroxyl groups excluding tert-OH is 1. The summed E-state index contributed by atoms with van der Waals surface area (Å²) >= 11 is 0. The summed E-state index contributed by atoms with van der Waals surface area (Å²) in [6.45, 7) is 8.37. The molecule has 1 spiro atoms. The highest BCUT2D eigenvalue weighted by molar-refractivity contribution is 5.95. The summed E-state index contributed by atoms with van der Waals surface area (Å²) in [5, 5.41) is 15.7. The van der Waals surface area contributed by atoms with Crippen LogP contribution in [0.2, 0.25) is 0 Å². The highest BCUT2D eigenvalue weighted by Gasteiger charge is 2.46. The molecule has 0 bridgehead atoms. The van der Waals surface area contributed by atoms with E-state index < -0.39 is 6.10 Å². The number of β-amino-alcohol motifs (C(OH)–C–C–N with tert-alkyl or cyclic N) is 1. The van der Waals surface area contributed by atoms with Gasteiger partial charge in [-0.3, -0.25) is 9.59 Å². The molecule has 2 heterocycles. The number of hydrogen-bond acceptors (Lipinski definition) is 6. The summed E-state index contributed by atoms with van der Waals surface area (Å²) in [6.07, 6.45) is 7.13. The molecular formula is C25H33N5O3. The largest absolute Gasteiger partial charge is 0.387 e. The number of nitrogens with zero attached hydrogens (tertiary/aromatic N) is 4. The third-order valence-corrected chi connectivity index (χ3v) is 7.44. The van der Waals surface area contributed by atoms with E-state index in [0.29, 0.717) is 25.9 Å². The number of anilines is 1. The first-order valence-corrected chi connectivity index (χ1v) is 11.7. The Morgan fingerprint density at radius 2 is 2.00 bits per heavy atom. The average Bonchev–Trinajstić information content (AvgIpc) is 3.24. The van der Waals surface area contributed by atoms with Gasteiger partial charge in [0.05, 0.1) is 17.2 Å². The molecule has 4 rings (SSSR count). The molecule has 0 aromatic heterocycles. The van der Waals surface area contributed by atoms with Gasteiger partial charge in [-0.2, -0.15) is 5.53 Å². The van der Waals surface area contributed by atoms with Crippen LogP contribution < -0.4 is 5.01 Å². The fraction of sp³-hybridized carbons (Fsp3) is 0.520. The van der Waals surface area contributed by atoms with Gasteiger partial charge in [0.15, 0.2) is 5.78 Å². The predicted octanol–water partition coefficient (Wildman–Crippen LogP) is 3.88. The molecular weight excluding hydrogens is 418 g/mol. The monoisotopic (exact) mass is 451 g/mol. The highest BCUT2D eigenvalue weighted by Crippen LogP contribution is 2.43. The Morgan fingerprint density at radius 1 is 1.24 bits per heavy atom. The van der Waals surface area contributed by atoms with Crippen molar-refractivity contribution >= 4 is 17.4 Å². The summed E-state index contributed by atoms with van der Waals surface area (Å²) in [5.41, 5.74) is 10.3. The molecule has 1 amide bonds. The van der Waals surface area contributed by atoms with Gasteiger partial charge >= 0.3 is 0 Å². The first-order valence-electron chi connectivity index (χ1n) is 11.7. The molecule has 1 aliphatic carbocycles. The minimum absolute atomic E-state index is 0.121. The van der Waals surface area contributed by atoms with Gasteiger partial charge in [-0.1, -0.05) is 17.9 Å². The predicted molar refractivity (Wildman–Crippen MR) is 125 cm³/mol. The maximum atomic E-state index is 13.4. The Bertz CT molecular complexity index is 972. The number of aliphatic hydroxyl groups is 1. The lowest BCUT2D eigenvalue weighted by Crippen LogP contribution is -2.53. The number of amides is 1. The lowest BCUT2D eigenvalue weighted by atomic mass is 9.71. The summed E-state index contributed by atoms with van der Waals surface area (Å²) in [6, 6.07) is 5.59. The van der Waals surface area contributed by atoms with Crippen LogP contribution in [0.25, 0.3) is 0 Å². The Hall–Kier alpha value is -2.84. The van der Waals surface area contributed by atoms with E-state index in [1.165, 1.54) is 11.2 Å². The first-order chi connectivity index (χ1) is 15.9. The van der Waals surface area contributed by atoms with Crippen molar-refractivity contribution in [3.63, 3.8) is 0 Å². The minimum atomic E-state index is -0.633. The number of hydrogen-bond donors (Lipinski definition) is 2. The van der Waals surface area contributed by atoms with Crippen LogP contribution in [0, 0.1) is 17.9 Å². The third-order valence-electron chi connectivity index (χ3n) is 7.44. The molecule has 3 aliphatic rings. The fourth-order valence-electron chi connectivity index (χ4n) is 5.49. The zero-order chi connectivity index (χ0) is 23.6. The Kier molecular flexibility index (Phi) is 6.76. The summed E-state index contributed by atoms with van der Waals surface area (Å²) in [7, 11) is 0. The van der Waals surface area contributed by atoms with Gasteiger partial charge in [0, 0.05) is 37.5 Å². The third kappa shape index (κ3) is 4.63. The van der Waals surface area contributed by atoms with Crippen molar-refractivity contribution in [1.29, 1.82) is 5.53 Å². The summed E-state index contributed by atoms with van der Waals surface area (Å²) in [5.74, 6) is 0.309. The molecule has 1 aromatic rings. The van der Waals surface area contributed by atoms with Crippen LogP contribution in [0.4, 0.5) is 5.69 Å². The number of rotatable bonds is 7. The van der Waals surface area contributed by atoms with Crippen LogP contribution in [0.3, 0.4) is 0 Å². The van der Waals surface area contributed by atoms with Crippen molar-refractivity contribution in [2.75, 3.05) is 31.2 Å². The maximum absolute atomic E-state index is 13.4. The van der Waals surface area contributed by atoms with Crippen molar-refractivity contribution in [3.8, 4) is 0 Å². The fourth-order valence-corrected chi connectivity index (χ4v) is 5.49. The van der Waals surface area contributed by atoms with E-state index in [2.05, 4.69) is 16.7 Å². The van der Waals surface area contributed by atoms with Crippen LogP contribution in [0.1, 0.15) is 55.8 Å². The Labute approximate surface area is 195 Å². The maximum Gasteiger partial charge on any atom is 0.233 e. The molecule has 2 fully saturated rings. The molecule has 8 heteroatoms. The van der Waals surface area contributed by atoms with Crippen molar-refractivity contribution in [1.82, 2.24) is 9.80 Å². The number of benzene rings is 1. The van der Waals surface area contributed by atoms with Crippen molar-refractivity contribution < 1.29 is 14.7 Å². The first kappa shape index (κ1) is 23.3. The van der Waals surface area contributed by atoms with Gasteiger partial charge in [-0.05, 0) is 75.4 Å². The number of nitrogens with one attached hydrogen (secondary N) is 1. The van der Waals surface area contributed by atoms with Gasteiger partial charge < -0.3 is 14.9 Å². The molecule has 0 saturated carbocycles. The number of carbonyl (C=O) groups excluding carboxylic acids is 2. The molecule has 2 N–H and O–H groups in total. The second-order valence-corrected chi connectivity index (χ2v) is 9.43. The highest BCUT2D eigenvalue weighted by atomic mass is 16.3. The number of carbonyl (C=O) groups is 2. The van der Waals surface area contributed by atoms with Crippen molar-refractivity contribution in [2.45, 2.75) is 51.6 Å². The summed E-state index contributed by atoms with van der Waals surface area (Å²) < 4.78 is 0. The topological polar surface area (TPSA) is 100 Å². The van der Waals surface area contributed by atoms with Gasteiger partial charge in [-0.25, -0.2) is 5.01 Å². The lowest BCUT2D eigenvalue weighted by molar-refractivity contribution is -0.147. The van der Waals surface area contributed by atoms with E-state index in [0.717, 1.165) is 61.3 Å². The van der Waals surface area contributed by atoms with E-state index in [4.69, 9.17) is 5.53 Å².